The van der Waals surface area contributed by atoms with E-state index in [1.165, 1.54) is 22.7 Å². The lowest BCUT2D eigenvalue weighted by Crippen LogP contribution is -2.34. The van der Waals surface area contributed by atoms with E-state index < -0.39 is 5.97 Å². The number of thioether (sulfide) groups is 1. The van der Waals surface area contributed by atoms with Gasteiger partial charge in [-0.05, 0) is 31.5 Å². The van der Waals surface area contributed by atoms with E-state index in [9.17, 15) is 14.4 Å². The Morgan fingerprint density at radius 1 is 1.46 bits per heavy atom. The lowest BCUT2D eigenvalue weighted by molar-refractivity contribution is -0.137. The van der Waals surface area contributed by atoms with Crippen molar-refractivity contribution in [1.29, 1.82) is 0 Å². The predicted octanol–water partition coefficient (Wildman–Crippen LogP) is 2.57. The van der Waals surface area contributed by atoms with Gasteiger partial charge in [0.2, 0.25) is 11.8 Å². The van der Waals surface area contributed by atoms with E-state index in [4.69, 9.17) is 16.3 Å². The summed E-state index contributed by atoms with van der Waals surface area (Å²) in [7, 11) is 0. The molecular formula is C16H17ClN2O4S. The number of carbonyl (C=O) groups is 3. The molecular weight excluding hydrogens is 352 g/mol. The number of ether oxygens (including phenoxy) is 1. The van der Waals surface area contributed by atoms with E-state index >= 15 is 0 Å². The predicted molar refractivity (Wildman–Crippen MR) is 93.7 cm³/mol. The smallest absolute Gasteiger partial charge is 0.333 e. The molecule has 0 aliphatic carbocycles. The van der Waals surface area contributed by atoms with Crippen LogP contribution in [0.4, 0.5) is 5.69 Å². The Bertz CT molecular complexity index is 705. The van der Waals surface area contributed by atoms with E-state index in [0.717, 1.165) is 5.56 Å². The normalized spacial score (nSPS) is 15.7. The maximum absolute atomic E-state index is 12.2. The van der Waals surface area contributed by atoms with Gasteiger partial charge in [0.05, 0.1) is 23.5 Å². The molecule has 2 rings (SSSR count). The van der Waals surface area contributed by atoms with Crippen LogP contribution in [-0.4, -0.2) is 41.6 Å². The van der Waals surface area contributed by atoms with E-state index in [2.05, 4.69) is 5.32 Å². The van der Waals surface area contributed by atoms with E-state index in [-0.39, 0.29) is 30.7 Å². The Morgan fingerprint density at radius 3 is 2.92 bits per heavy atom. The van der Waals surface area contributed by atoms with Gasteiger partial charge < -0.3 is 10.1 Å². The van der Waals surface area contributed by atoms with Crippen LogP contribution >= 0.6 is 23.4 Å². The second-order valence-corrected chi connectivity index (χ2v) is 6.44. The van der Waals surface area contributed by atoms with Crippen LogP contribution in [0.3, 0.4) is 0 Å². The fourth-order valence-electron chi connectivity index (χ4n) is 2.05. The number of anilines is 1. The van der Waals surface area contributed by atoms with E-state index in [0.29, 0.717) is 15.7 Å². The van der Waals surface area contributed by atoms with Gasteiger partial charge in [0, 0.05) is 10.7 Å². The molecule has 1 saturated heterocycles. The molecule has 0 radical (unpaired) electrons. The number of amides is 2. The van der Waals surface area contributed by atoms with Gasteiger partial charge in [-0.3, -0.25) is 14.5 Å². The second kappa shape index (κ2) is 8.21. The average molecular weight is 369 g/mol. The van der Waals surface area contributed by atoms with Crippen molar-refractivity contribution in [1.82, 2.24) is 4.90 Å². The Balaban J connectivity index is 2.07. The summed E-state index contributed by atoms with van der Waals surface area (Å²) in [6, 6.07) is 5.17. The van der Waals surface area contributed by atoms with Gasteiger partial charge in [0.1, 0.15) is 6.54 Å². The van der Waals surface area contributed by atoms with E-state index in [1.807, 2.05) is 6.92 Å². The third-order valence-electron chi connectivity index (χ3n) is 3.21. The largest absolute Gasteiger partial charge is 0.463 e. The Hall–Kier alpha value is -1.99. The molecule has 128 valence electrons. The van der Waals surface area contributed by atoms with Gasteiger partial charge in [-0.1, -0.05) is 29.4 Å². The standard InChI is InChI=1S/C16H17ClN2O4S/c1-3-23-16(22)7-15-19(14(21)9-24-15)8-13(20)18-12-6-11(17)5-4-10(12)2/h4-7H,3,8-9H2,1-2H3,(H,18,20)/b15-7-. The first-order valence-electron chi connectivity index (χ1n) is 7.28. The Morgan fingerprint density at radius 2 is 2.21 bits per heavy atom. The van der Waals surface area contributed by atoms with Crippen LogP contribution in [0, 0.1) is 6.92 Å². The minimum Gasteiger partial charge on any atom is -0.463 e. The van der Waals surface area contributed by atoms with Crippen LogP contribution in [0.25, 0.3) is 0 Å². The average Bonchev–Trinajstić information content (AvgIpc) is 2.84. The molecule has 1 aliphatic heterocycles. The topological polar surface area (TPSA) is 75.7 Å². The summed E-state index contributed by atoms with van der Waals surface area (Å²) >= 11 is 7.13. The fourth-order valence-corrected chi connectivity index (χ4v) is 3.15. The van der Waals surface area contributed by atoms with Crippen molar-refractivity contribution in [2.75, 3.05) is 24.2 Å². The number of halogens is 1. The zero-order valence-corrected chi connectivity index (χ0v) is 14.9. The molecule has 1 aromatic rings. The molecule has 1 N–H and O–H groups in total. The van der Waals surface area contributed by atoms with Gasteiger partial charge >= 0.3 is 5.97 Å². The highest BCUT2D eigenvalue weighted by Gasteiger charge is 2.29. The molecule has 0 bridgehead atoms. The highest BCUT2D eigenvalue weighted by atomic mass is 35.5. The van der Waals surface area contributed by atoms with Gasteiger partial charge in [0.25, 0.3) is 0 Å². The summed E-state index contributed by atoms with van der Waals surface area (Å²) in [6.07, 6.45) is 1.23. The molecule has 8 heteroatoms. The lowest BCUT2D eigenvalue weighted by Gasteiger charge is -2.17. The maximum atomic E-state index is 12.2. The zero-order valence-electron chi connectivity index (χ0n) is 13.3. The summed E-state index contributed by atoms with van der Waals surface area (Å²) < 4.78 is 4.84. The number of rotatable bonds is 5. The van der Waals surface area contributed by atoms with Gasteiger partial charge in [-0.2, -0.15) is 0 Å². The van der Waals surface area contributed by atoms with Crippen molar-refractivity contribution in [3.63, 3.8) is 0 Å². The highest BCUT2D eigenvalue weighted by molar-refractivity contribution is 8.04. The molecule has 0 aromatic heterocycles. The molecule has 1 fully saturated rings. The van der Waals surface area contributed by atoms with Crippen LogP contribution in [0.5, 0.6) is 0 Å². The summed E-state index contributed by atoms with van der Waals surface area (Å²) in [5.41, 5.74) is 1.44. The SMILES string of the molecule is CCOC(=O)/C=C1\SCC(=O)N1CC(=O)Nc1cc(Cl)ccc1C. The monoisotopic (exact) mass is 368 g/mol. The van der Waals surface area contributed by atoms with Crippen molar-refractivity contribution < 1.29 is 19.1 Å². The summed E-state index contributed by atoms with van der Waals surface area (Å²) in [5.74, 6) is -0.945. The summed E-state index contributed by atoms with van der Waals surface area (Å²) in [4.78, 5) is 37.0. The number of hydrogen-bond acceptors (Lipinski definition) is 5. The Labute approximate surface area is 149 Å². The number of nitrogens with one attached hydrogen (secondary N) is 1. The zero-order chi connectivity index (χ0) is 17.7. The summed E-state index contributed by atoms with van der Waals surface area (Å²) in [5, 5.41) is 3.65. The van der Waals surface area contributed by atoms with Crippen LogP contribution in [0.15, 0.2) is 29.3 Å². The lowest BCUT2D eigenvalue weighted by atomic mass is 10.2. The Kier molecular flexibility index (Phi) is 6.28. The maximum Gasteiger partial charge on any atom is 0.333 e. The van der Waals surface area contributed by atoms with Crippen molar-refractivity contribution in [2.45, 2.75) is 13.8 Å². The third-order valence-corrected chi connectivity index (χ3v) is 4.47. The van der Waals surface area contributed by atoms with Crippen LogP contribution in [0.2, 0.25) is 5.02 Å². The summed E-state index contributed by atoms with van der Waals surface area (Å²) in [6.45, 7) is 3.61. The van der Waals surface area contributed by atoms with Gasteiger partial charge in [0.15, 0.2) is 0 Å². The molecule has 6 nitrogen and oxygen atoms in total. The first-order chi connectivity index (χ1) is 11.4. The molecule has 0 saturated carbocycles. The molecule has 1 aliphatic rings. The van der Waals surface area contributed by atoms with Gasteiger partial charge in [-0.25, -0.2) is 4.79 Å². The van der Waals surface area contributed by atoms with Crippen LogP contribution < -0.4 is 5.32 Å². The third kappa shape index (κ3) is 4.75. The first kappa shape index (κ1) is 18.4. The quantitative estimate of drug-likeness (QED) is 0.638. The van der Waals surface area contributed by atoms with Crippen molar-refractivity contribution in [2.24, 2.45) is 0 Å². The second-order valence-electron chi connectivity index (χ2n) is 5.01. The van der Waals surface area contributed by atoms with E-state index in [1.54, 1.807) is 25.1 Å². The van der Waals surface area contributed by atoms with Gasteiger partial charge in [-0.15, -0.1) is 0 Å². The van der Waals surface area contributed by atoms with Crippen molar-refractivity contribution in [3.8, 4) is 0 Å². The number of aryl methyl sites for hydroxylation is 1. The van der Waals surface area contributed by atoms with Crippen LogP contribution in [-0.2, 0) is 19.1 Å². The number of nitrogens with zero attached hydrogens (tertiary/aromatic N) is 1. The fraction of sp³-hybridized carbons (Fsp3) is 0.312. The molecule has 2 amide bonds. The number of benzene rings is 1. The van der Waals surface area contributed by atoms with Crippen molar-refractivity contribution in [3.05, 3.63) is 39.9 Å². The first-order valence-corrected chi connectivity index (χ1v) is 8.64. The molecule has 1 heterocycles. The number of esters is 1. The highest BCUT2D eigenvalue weighted by Crippen LogP contribution is 2.29. The molecule has 24 heavy (non-hydrogen) atoms. The minimum absolute atomic E-state index is 0.178. The van der Waals surface area contributed by atoms with Crippen molar-refractivity contribution >= 4 is 46.8 Å². The molecule has 0 spiro atoms. The minimum atomic E-state index is -0.536. The molecule has 1 aromatic carbocycles. The number of carbonyl (C=O) groups excluding carboxylic acids is 3. The molecule has 0 atom stereocenters. The van der Waals surface area contributed by atoms with Crippen LogP contribution in [0.1, 0.15) is 12.5 Å². The number of hydrogen-bond donors (Lipinski definition) is 1. The molecule has 0 unspecified atom stereocenters.